The monoisotopic (exact) mass is 463 g/mol. The van der Waals surface area contributed by atoms with Crippen LogP contribution in [-0.4, -0.2) is 10.8 Å². The standard InChI is InChI=1S/C24H18BrNO4/c1-13-10-14(2)22-18(11-13)21(27)19-20(15-5-7-16(25)8-6-15)26(24(28)23(19)30-22)12-17-4-3-9-29-17/h3-11,20H,12H2,1-2H3. The van der Waals surface area contributed by atoms with E-state index in [9.17, 15) is 9.59 Å². The van der Waals surface area contributed by atoms with Crippen LogP contribution in [0.4, 0.5) is 0 Å². The molecule has 6 heteroatoms. The maximum atomic E-state index is 13.6. The SMILES string of the molecule is Cc1cc(C)c2oc3c(c(=O)c2c1)C(c1ccc(Br)cc1)N(Cc1ccco1)C3=O. The number of hydrogen-bond acceptors (Lipinski definition) is 4. The van der Waals surface area contributed by atoms with Crippen molar-refractivity contribution in [2.24, 2.45) is 0 Å². The summed E-state index contributed by atoms with van der Waals surface area (Å²) < 4.78 is 12.5. The quantitative estimate of drug-likeness (QED) is 0.401. The Kier molecular flexibility index (Phi) is 4.40. The van der Waals surface area contributed by atoms with E-state index in [0.29, 0.717) is 22.3 Å². The first kappa shape index (κ1) is 18.9. The number of furan rings is 1. The highest BCUT2D eigenvalue weighted by Crippen LogP contribution is 2.39. The van der Waals surface area contributed by atoms with Crippen molar-refractivity contribution in [3.8, 4) is 0 Å². The van der Waals surface area contributed by atoms with Crippen molar-refractivity contribution >= 4 is 32.8 Å². The van der Waals surface area contributed by atoms with Crippen LogP contribution in [0.5, 0.6) is 0 Å². The van der Waals surface area contributed by atoms with Gasteiger partial charge in [0.15, 0.2) is 5.43 Å². The van der Waals surface area contributed by atoms with Gasteiger partial charge in [0, 0.05) is 4.47 Å². The van der Waals surface area contributed by atoms with Crippen molar-refractivity contribution in [3.05, 3.63) is 103 Å². The molecule has 1 aliphatic rings. The number of nitrogens with zero attached hydrogens (tertiary/aromatic N) is 1. The van der Waals surface area contributed by atoms with Gasteiger partial charge in [-0.1, -0.05) is 34.1 Å². The Morgan fingerprint density at radius 3 is 2.53 bits per heavy atom. The van der Waals surface area contributed by atoms with Gasteiger partial charge in [0.1, 0.15) is 11.3 Å². The summed E-state index contributed by atoms with van der Waals surface area (Å²) in [5.74, 6) is 0.439. The predicted molar refractivity (Wildman–Crippen MR) is 117 cm³/mol. The highest BCUT2D eigenvalue weighted by Gasteiger charge is 2.43. The van der Waals surface area contributed by atoms with Gasteiger partial charge in [-0.3, -0.25) is 9.59 Å². The van der Waals surface area contributed by atoms with Crippen LogP contribution < -0.4 is 5.43 Å². The van der Waals surface area contributed by atoms with Gasteiger partial charge in [0.05, 0.1) is 29.8 Å². The van der Waals surface area contributed by atoms with Crippen LogP contribution in [0, 0.1) is 13.8 Å². The van der Waals surface area contributed by atoms with Crippen LogP contribution in [-0.2, 0) is 6.54 Å². The number of hydrogen-bond donors (Lipinski definition) is 0. The minimum atomic E-state index is -0.549. The molecule has 2 aromatic carbocycles. The molecule has 4 aromatic rings. The lowest BCUT2D eigenvalue weighted by atomic mass is 9.97. The third-order valence-corrected chi connectivity index (χ3v) is 6.02. The summed E-state index contributed by atoms with van der Waals surface area (Å²) >= 11 is 3.45. The summed E-state index contributed by atoms with van der Waals surface area (Å²) in [6.45, 7) is 4.07. The van der Waals surface area contributed by atoms with Gasteiger partial charge in [0.2, 0.25) is 5.76 Å². The van der Waals surface area contributed by atoms with Crippen LogP contribution in [0.3, 0.4) is 0 Å². The minimum Gasteiger partial charge on any atom is -0.467 e. The molecule has 0 radical (unpaired) electrons. The van der Waals surface area contributed by atoms with Gasteiger partial charge in [-0.2, -0.15) is 0 Å². The minimum absolute atomic E-state index is 0.110. The zero-order valence-corrected chi connectivity index (χ0v) is 18.0. The second kappa shape index (κ2) is 6.99. The van der Waals surface area contributed by atoms with Crippen molar-refractivity contribution in [1.82, 2.24) is 4.90 Å². The molecule has 0 N–H and O–H groups in total. The molecule has 0 aliphatic carbocycles. The molecule has 0 saturated heterocycles. The predicted octanol–water partition coefficient (Wildman–Crippen LogP) is 5.51. The smallest absolute Gasteiger partial charge is 0.291 e. The van der Waals surface area contributed by atoms with Crippen LogP contribution in [0.2, 0.25) is 0 Å². The molecule has 30 heavy (non-hydrogen) atoms. The molecule has 0 fully saturated rings. The lowest BCUT2D eigenvalue weighted by Crippen LogP contribution is -2.29. The van der Waals surface area contributed by atoms with Crippen molar-refractivity contribution in [2.75, 3.05) is 0 Å². The topological polar surface area (TPSA) is 63.7 Å². The number of rotatable bonds is 3. The summed E-state index contributed by atoms with van der Waals surface area (Å²) in [4.78, 5) is 28.6. The number of halogens is 1. The van der Waals surface area contributed by atoms with Gasteiger partial charge in [-0.25, -0.2) is 0 Å². The number of amides is 1. The average molecular weight is 464 g/mol. The van der Waals surface area contributed by atoms with Gasteiger partial charge in [0.25, 0.3) is 5.91 Å². The zero-order valence-electron chi connectivity index (χ0n) is 16.4. The molecule has 0 bridgehead atoms. The number of aryl methyl sites for hydroxylation is 2. The molecule has 1 atom stereocenters. The second-order valence-electron chi connectivity index (χ2n) is 7.60. The average Bonchev–Trinajstić information content (AvgIpc) is 3.32. The van der Waals surface area contributed by atoms with E-state index in [-0.39, 0.29) is 23.6 Å². The number of carbonyl (C=O) groups excluding carboxylic acids is 1. The number of benzene rings is 2. The Bertz CT molecular complexity index is 1340. The molecule has 3 heterocycles. The van der Waals surface area contributed by atoms with Gasteiger partial charge in [-0.05, 0) is 60.9 Å². The van der Waals surface area contributed by atoms with Crippen molar-refractivity contribution < 1.29 is 13.6 Å². The van der Waals surface area contributed by atoms with E-state index in [1.165, 1.54) is 0 Å². The van der Waals surface area contributed by atoms with E-state index in [4.69, 9.17) is 8.83 Å². The van der Waals surface area contributed by atoms with Gasteiger partial charge in [-0.15, -0.1) is 0 Å². The first-order valence-corrected chi connectivity index (χ1v) is 10.4. The maximum absolute atomic E-state index is 13.6. The van der Waals surface area contributed by atoms with Crippen molar-refractivity contribution in [2.45, 2.75) is 26.4 Å². The first-order valence-electron chi connectivity index (χ1n) is 9.61. The second-order valence-corrected chi connectivity index (χ2v) is 8.51. The van der Waals surface area contributed by atoms with Crippen LogP contribution in [0.15, 0.2) is 72.9 Å². The van der Waals surface area contributed by atoms with E-state index in [2.05, 4.69) is 15.9 Å². The Labute approximate surface area is 181 Å². The van der Waals surface area contributed by atoms with Crippen LogP contribution in [0.1, 0.15) is 44.6 Å². The Hall–Kier alpha value is -3.12. The molecule has 5 nitrogen and oxygen atoms in total. The number of fused-ring (bicyclic) bond motifs is 2. The fourth-order valence-corrected chi connectivity index (χ4v) is 4.46. The first-order chi connectivity index (χ1) is 14.4. The summed E-state index contributed by atoms with van der Waals surface area (Å²) in [6.07, 6.45) is 1.57. The lowest BCUT2D eigenvalue weighted by molar-refractivity contribution is 0.0701. The molecular formula is C24H18BrNO4. The fraction of sp³-hybridized carbons (Fsp3) is 0.167. The van der Waals surface area contributed by atoms with Crippen molar-refractivity contribution in [1.29, 1.82) is 0 Å². The highest BCUT2D eigenvalue weighted by molar-refractivity contribution is 9.10. The molecular weight excluding hydrogens is 446 g/mol. The molecule has 0 saturated carbocycles. The highest BCUT2D eigenvalue weighted by atomic mass is 79.9. The lowest BCUT2D eigenvalue weighted by Gasteiger charge is -2.24. The van der Waals surface area contributed by atoms with Gasteiger partial charge < -0.3 is 13.7 Å². The number of carbonyl (C=O) groups is 1. The Morgan fingerprint density at radius 1 is 1.07 bits per heavy atom. The Morgan fingerprint density at radius 2 is 1.83 bits per heavy atom. The summed E-state index contributed by atoms with van der Waals surface area (Å²) in [7, 11) is 0. The molecule has 1 unspecified atom stereocenters. The largest absolute Gasteiger partial charge is 0.467 e. The molecule has 0 spiro atoms. The van der Waals surface area contributed by atoms with E-state index < -0.39 is 6.04 Å². The molecule has 5 rings (SSSR count). The van der Waals surface area contributed by atoms with Crippen LogP contribution >= 0.6 is 15.9 Å². The summed E-state index contributed by atoms with van der Waals surface area (Å²) in [5.41, 5.74) is 3.33. The normalized spacial score (nSPS) is 15.8. The van der Waals surface area contributed by atoms with E-state index in [1.807, 2.05) is 56.3 Å². The fourth-order valence-electron chi connectivity index (χ4n) is 4.20. The van der Waals surface area contributed by atoms with E-state index >= 15 is 0 Å². The zero-order chi connectivity index (χ0) is 21.0. The van der Waals surface area contributed by atoms with Crippen molar-refractivity contribution in [3.63, 3.8) is 0 Å². The van der Waals surface area contributed by atoms with E-state index in [1.54, 1.807) is 17.2 Å². The Balaban J connectivity index is 1.77. The summed E-state index contributed by atoms with van der Waals surface area (Å²) in [5, 5.41) is 0.501. The molecule has 1 aliphatic heterocycles. The third kappa shape index (κ3) is 2.91. The molecule has 2 aromatic heterocycles. The maximum Gasteiger partial charge on any atom is 0.291 e. The molecule has 1 amide bonds. The van der Waals surface area contributed by atoms with Crippen LogP contribution in [0.25, 0.3) is 11.0 Å². The third-order valence-electron chi connectivity index (χ3n) is 5.49. The van der Waals surface area contributed by atoms with Gasteiger partial charge >= 0.3 is 0 Å². The molecule has 150 valence electrons. The summed E-state index contributed by atoms with van der Waals surface area (Å²) in [6, 6.07) is 14.5. The van der Waals surface area contributed by atoms with E-state index in [0.717, 1.165) is 21.2 Å².